The topological polar surface area (TPSA) is 29.0 Å². The first-order valence-corrected chi connectivity index (χ1v) is 7.10. The maximum atomic E-state index is 6.15. The first-order chi connectivity index (χ1) is 8.49. The molecule has 18 heavy (non-hydrogen) atoms. The van der Waals surface area contributed by atoms with E-state index in [9.17, 15) is 0 Å². The van der Waals surface area contributed by atoms with E-state index < -0.39 is 0 Å². The molecular formula is C14H22ClN3. The van der Waals surface area contributed by atoms with Gasteiger partial charge in [0.05, 0.1) is 0 Å². The smallest absolute Gasteiger partial charge is 0.137 e. The van der Waals surface area contributed by atoms with Crippen molar-refractivity contribution >= 4 is 17.4 Å². The molecule has 1 aliphatic rings. The van der Waals surface area contributed by atoms with Crippen molar-refractivity contribution in [2.45, 2.75) is 52.5 Å². The van der Waals surface area contributed by atoms with Crippen molar-refractivity contribution < 1.29 is 0 Å². The highest BCUT2D eigenvalue weighted by Crippen LogP contribution is 2.31. The summed E-state index contributed by atoms with van der Waals surface area (Å²) in [4.78, 5) is 11.1. The van der Waals surface area contributed by atoms with Crippen LogP contribution in [-0.4, -0.2) is 23.1 Å². The molecule has 0 bridgehead atoms. The van der Waals surface area contributed by atoms with Gasteiger partial charge in [-0.2, -0.15) is 0 Å². The van der Waals surface area contributed by atoms with Gasteiger partial charge in [0.15, 0.2) is 0 Å². The van der Waals surface area contributed by atoms with Gasteiger partial charge in [0, 0.05) is 18.7 Å². The Bertz CT molecular complexity index is 425. The molecule has 0 saturated heterocycles. The summed E-state index contributed by atoms with van der Waals surface area (Å²) in [5.41, 5.74) is 0.989. The van der Waals surface area contributed by atoms with Crippen LogP contribution in [0.25, 0.3) is 0 Å². The zero-order chi connectivity index (χ0) is 13.3. The van der Waals surface area contributed by atoms with E-state index in [0.29, 0.717) is 11.2 Å². The average molecular weight is 268 g/mol. The number of hydrogen-bond acceptors (Lipinski definition) is 3. The molecule has 0 N–H and O–H groups in total. The molecule has 0 atom stereocenters. The lowest BCUT2D eigenvalue weighted by atomic mass is 9.87. The predicted octanol–water partition coefficient (Wildman–Crippen LogP) is 3.76. The fourth-order valence-electron chi connectivity index (χ4n) is 2.73. The number of rotatable bonds is 2. The average Bonchev–Trinajstić information content (AvgIpc) is 2.34. The van der Waals surface area contributed by atoms with Crippen molar-refractivity contribution in [1.29, 1.82) is 0 Å². The second-order valence-electron chi connectivity index (χ2n) is 5.53. The maximum Gasteiger partial charge on any atom is 0.137 e. The highest BCUT2D eigenvalue weighted by molar-refractivity contribution is 6.30. The molecule has 2 rings (SSSR count). The summed E-state index contributed by atoms with van der Waals surface area (Å²) in [5.74, 6) is 2.61. The monoisotopic (exact) mass is 267 g/mol. The summed E-state index contributed by atoms with van der Waals surface area (Å²) in [5, 5.41) is 0.577. The van der Waals surface area contributed by atoms with Gasteiger partial charge in [0.25, 0.3) is 0 Å². The van der Waals surface area contributed by atoms with Gasteiger partial charge in [0.1, 0.15) is 16.8 Å². The van der Waals surface area contributed by atoms with E-state index in [-0.39, 0.29) is 0 Å². The quantitative estimate of drug-likeness (QED) is 0.764. The van der Waals surface area contributed by atoms with Crippen molar-refractivity contribution in [3.63, 3.8) is 0 Å². The molecule has 1 aromatic rings. The number of aryl methyl sites for hydroxylation is 1. The number of aromatic nitrogens is 2. The molecule has 0 radical (unpaired) electrons. The van der Waals surface area contributed by atoms with Crippen LogP contribution in [0.15, 0.2) is 0 Å². The van der Waals surface area contributed by atoms with Gasteiger partial charge in [-0.15, -0.1) is 0 Å². The SMILES string of the molecule is Cc1nc(Cl)c(C)c(N(C)C2CCC(C)CC2)n1. The molecular weight excluding hydrogens is 246 g/mol. The van der Waals surface area contributed by atoms with Crippen molar-refractivity contribution in [2.24, 2.45) is 5.92 Å². The predicted molar refractivity (Wildman–Crippen MR) is 76.3 cm³/mol. The fourth-order valence-corrected chi connectivity index (χ4v) is 2.93. The van der Waals surface area contributed by atoms with Crippen molar-refractivity contribution in [2.75, 3.05) is 11.9 Å². The lowest BCUT2D eigenvalue weighted by molar-refractivity contribution is 0.339. The van der Waals surface area contributed by atoms with E-state index in [1.807, 2.05) is 13.8 Å². The van der Waals surface area contributed by atoms with Gasteiger partial charge in [-0.25, -0.2) is 9.97 Å². The summed E-state index contributed by atoms with van der Waals surface area (Å²) >= 11 is 6.15. The Hall–Kier alpha value is -0.830. The molecule has 0 amide bonds. The lowest BCUT2D eigenvalue weighted by Crippen LogP contribution is -2.36. The van der Waals surface area contributed by atoms with Crippen molar-refractivity contribution in [3.05, 3.63) is 16.5 Å². The molecule has 1 aliphatic carbocycles. The molecule has 1 aromatic heterocycles. The molecule has 4 heteroatoms. The summed E-state index contributed by atoms with van der Waals surface area (Å²) in [6.45, 7) is 6.23. The van der Waals surface area contributed by atoms with Gasteiger partial charge >= 0.3 is 0 Å². The van der Waals surface area contributed by atoms with Crippen LogP contribution >= 0.6 is 11.6 Å². The van der Waals surface area contributed by atoms with Crippen LogP contribution in [0.3, 0.4) is 0 Å². The minimum absolute atomic E-state index is 0.577. The molecule has 0 unspecified atom stereocenters. The Kier molecular flexibility index (Phi) is 4.10. The normalized spacial score (nSPS) is 24.1. The van der Waals surface area contributed by atoms with E-state index >= 15 is 0 Å². The van der Waals surface area contributed by atoms with Gasteiger partial charge < -0.3 is 4.90 Å². The van der Waals surface area contributed by atoms with E-state index in [1.54, 1.807) is 0 Å². The Morgan fingerprint density at radius 1 is 1.11 bits per heavy atom. The van der Waals surface area contributed by atoms with Crippen LogP contribution in [0.1, 0.15) is 44.0 Å². The van der Waals surface area contributed by atoms with Crippen LogP contribution < -0.4 is 4.90 Å². The largest absolute Gasteiger partial charge is 0.356 e. The lowest BCUT2D eigenvalue weighted by Gasteiger charge is -2.35. The van der Waals surface area contributed by atoms with Crippen molar-refractivity contribution in [3.8, 4) is 0 Å². The van der Waals surface area contributed by atoms with Gasteiger partial charge in [-0.1, -0.05) is 18.5 Å². The highest BCUT2D eigenvalue weighted by Gasteiger charge is 2.24. The van der Waals surface area contributed by atoms with Crippen LogP contribution in [0, 0.1) is 19.8 Å². The zero-order valence-corrected chi connectivity index (χ0v) is 12.5. The summed E-state index contributed by atoms with van der Waals surface area (Å²) < 4.78 is 0. The molecule has 0 aliphatic heterocycles. The molecule has 1 saturated carbocycles. The van der Waals surface area contributed by atoms with E-state index in [4.69, 9.17) is 11.6 Å². The standard InChI is InChI=1S/C14H22ClN3/c1-9-5-7-12(8-6-9)18(4)14-10(2)13(15)16-11(3)17-14/h9,12H,5-8H2,1-4H3. The third-order valence-electron chi connectivity index (χ3n) is 4.04. The summed E-state index contributed by atoms with van der Waals surface area (Å²) in [7, 11) is 2.13. The minimum Gasteiger partial charge on any atom is -0.356 e. The Morgan fingerprint density at radius 2 is 1.72 bits per heavy atom. The van der Waals surface area contributed by atoms with Gasteiger partial charge in [0.2, 0.25) is 0 Å². The number of hydrogen-bond donors (Lipinski definition) is 0. The summed E-state index contributed by atoms with van der Waals surface area (Å²) in [6, 6.07) is 0.588. The van der Waals surface area contributed by atoms with E-state index in [2.05, 4.69) is 28.8 Å². The highest BCUT2D eigenvalue weighted by atomic mass is 35.5. The van der Waals surface area contributed by atoms with E-state index in [1.165, 1.54) is 25.7 Å². The molecule has 0 aromatic carbocycles. The van der Waals surface area contributed by atoms with Gasteiger partial charge in [-0.05, 0) is 45.4 Å². The van der Waals surface area contributed by atoms with Crippen LogP contribution in [0.4, 0.5) is 5.82 Å². The Labute approximate surface area is 115 Å². The number of halogens is 1. The third-order valence-corrected chi connectivity index (χ3v) is 4.41. The number of nitrogens with zero attached hydrogens (tertiary/aromatic N) is 3. The molecule has 1 fully saturated rings. The zero-order valence-electron chi connectivity index (χ0n) is 11.7. The third kappa shape index (κ3) is 2.77. The Balaban J connectivity index is 2.20. The fraction of sp³-hybridized carbons (Fsp3) is 0.714. The van der Waals surface area contributed by atoms with E-state index in [0.717, 1.165) is 23.1 Å². The molecule has 3 nitrogen and oxygen atoms in total. The molecule has 1 heterocycles. The maximum absolute atomic E-state index is 6.15. The second kappa shape index (κ2) is 5.43. The molecule has 100 valence electrons. The first kappa shape index (κ1) is 13.6. The first-order valence-electron chi connectivity index (χ1n) is 6.72. The van der Waals surface area contributed by atoms with Crippen LogP contribution in [0.5, 0.6) is 0 Å². The Morgan fingerprint density at radius 3 is 2.33 bits per heavy atom. The van der Waals surface area contributed by atoms with Crippen molar-refractivity contribution in [1.82, 2.24) is 9.97 Å². The van der Waals surface area contributed by atoms with Crippen LogP contribution in [0.2, 0.25) is 5.15 Å². The van der Waals surface area contributed by atoms with Gasteiger partial charge in [-0.3, -0.25) is 0 Å². The minimum atomic E-state index is 0.577. The summed E-state index contributed by atoms with van der Waals surface area (Å²) in [6.07, 6.45) is 5.12. The van der Waals surface area contributed by atoms with Crippen LogP contribution in [-0.2, 0) is 0 Å². The second-order valence-corrected chi connectivity index (χ2v) is 5.89. The molecule has 0 spiro atoms. The number of anilines is 1.